The molecule has 2 aromatic heterocycles. The molecule has 2 fully saturated rings. The molecule has 0 aliphatic carbocycles. The molecule has 5 rings (SSSR count). The predicted octanol–water partition coefficient (Wildman–Crippen LogP) is 5.85. The maximum absolute atomic E-state index is 13.1. The maximum Gasteiger partial charge on any atom is 0.416 e. The van der Waals surface area contributed by atoms with Crippen LogP contribution >= 0.6 is 10.6 Å². The first kappa shape index (κ1) is 29.1. The van der Waals surface area contributed by atoms with Crippen LogP contribution < -0.4 is 15.0 Å². The Kier molecular flexibility index (Phi) is 8.41. The van der Waals surface area contributed by atoms with Crippen molar-refractivity contribution >= 4 is 27.9 Å². The van der Waals surface area contributed by atoms with Gasteiger partial charge in [0.05, 0.1) is 30.7 Å². The highest BCUT2D eigenvalue weighted by Crippen LogP contribution is 2.45. The molecule has 3 aromatic rings. The number of morpholine rings is 1. The molecule has 2 saturated heterocycles. The number of nitrogens with zero attached hydrogens (tertiary/aromatic N) is 3. The number of aromatic nitrogens is 2. The van der Waals surface area contributed by atoms with Crippen molar-refractivity contribution in [2.75, 3.05) is 48.0 Å². The highest BCUT2D eigenvalue weighted by atomic mass is 32.3. The first-order chi connectivity index (χ1) is 19.5. The zero-order valence-electron chi connectivity index (χ0n) is 22.4. The van der Waals surface area contributed by atoms with E-state index in [1.165, 1.54) is 18.3 Å². The van der Waals surface area contributed by atoms with Crippen molar-refractivity contribution < 1.29 is 36.5 Å². The topological polar surface area (TPSA) is 117 Å². The molecule has 9 nitrogen and oxygen atoms in total. The van der Waals surface area contributed by atoms with Crippen molar-refractivity contribution in [2.24, 2.45) is 0 Å². The number of hydrogen-bond donors (Lipinski definition) is 3. The summed E-state index contributed by atoms with van der Waals surface area (Å²) in [5, 5.41) is 2.64. The molecule has 0 unspecified atom stereocenters. The van der Waals surface area contributed by atoms with Crippen LogP contribution in [0.2, 0.25) is 0 Å². The summed E-state index contributed by atoms with van der Waals surface area (Å²) in [7, 11) is -2.54. The van der Waals surface area contributed by atoms with Gasteiger partial charge in [0, 0.05) is 66.0 Å². The molecule has 1 amide bonds. The number of carbonyl (C=O) groups is 1. The summed E-state index contributed by atoms with van der Waals surface area (Å²) in [6, 6.07) is 7.88. The molecular formula is C28H31F3N4O5S. The van der Waals surface area contributed by atoms with Crippen LogP contribution in [-0.2, 0) is 10.9 Å². The SMILES string of the molecule is Cc1ncc(NC(=O)c2cccc(C(F)(F)F)c2)cc1-c1cnc(OC2CCS(O)(O)CC2)c(N2CCOCC2)c1. The minimum atomic E-state index is -4.56. The minimum Gasteiger partial charge on any atom is -0.473 e. The standard InChI is InChI=1S/C28H31F3N4O5S/c1-18-24(15-22(17-32-18)34-26(36)19-3-2-4-21(13-19)28(29,30)31)20-14-25(35-7-9-39-10-8-35)27(33-16-20)40-23-5-11-41(37,38)12-6-23/h2-4,13-17,23,37-38H,5-12H2,1H3,(H,34,36). The van der Waals surface area contributed by atoms with Gasteiger partial charge in [-0.3, -0.25) is 18.9 Å². The van der Waals surface area contributed by atoms with Gasteiger partial charge in [-0.2, -0.15) is 23.8 Å². The number of anilines is 2. The molecule has 0 spiro atoms. The van der Waals surface area contributed by atoms with Crippen LogP contribution in [0.1, 0.15) is 34.5 Å². The van der Waals surface area contributed by atoms with Crippen molar-refractivity contribution in [3.63, 3.8) is 0 Å². The van der Waals surface area contributed by atoms with Crippen molar-refractivity contribution in [2.45, 2.75) is 32.0 Å². The molecule has 3 N–H and O–H groups in total. The van der Waals surface area contributed by atoms with E-state index in [2.05, 4.69) is 20.2 Å². The van der Waals surface area contributed by atoms with Gasteiger partial charge >= 0.3 is 6.18 Å². The van der Waals surface area contributed by atoms with E-state index in [4.69, 9.17) is 9.47 Å². The Morgan fingerprint density at radius 2 is 1.83 bits per heavy atom. The number of carbonyl (C=O) groups excluding carboxylic acids is 1. The van der Waals surface area contributed by atoms with E-state index < -0.39 is 28.2 Å². The molecule has 0 bridgehead atoms. The molecule has 220 valence electrons. The normalized spacial score (nSPS) is 18.5. The van der Waals surface area contributed by atoms with Crippen LogP contribution in [0, 0.1) is 6.92 Å². The fourth-order valence-corrected chi connectivity index (χ4v) is 6.29. The largest absolute Gasteiger partial charge is 0.473 e. The fourth-order valence-electron chi connectivity index (χ4n) is 4.81. The number of hydrogen-bond acceptors (Lipinski definition) is 8. The summed E-state index contributed by atoms with van der Waals surface area (Å²) in [6.07, 6.45) is -0.610. The third-order valence-electron chi connectivity index (χ3n) is 7.10. The number of alkyl halides is 3. The second-order valence-corrected chi connectivity index (χ2v) is 12.5. The Morgan fingerprint density at radius 3 is 2.54 bits per heavy atom. The van der Waals surface area contributed by atoms with Crippen LogP contribution in [0.25, 0.3) is 11.1 Å². The molecular weight excluding hydrogens is 561 g/mol. The quantitative estimate of drug-likeness (QED) is 0.326. The second-order valence-electron chi connectivity index (χ2n) is 10.1. The highest BCUT2D eigenvalue weighted by molar-refractivity contribution is 8.24. The lowest BCUT2D eigenvalue weighted by Gasteiger charge is -2.39. The number of pyridine rings is 2. The molecule has 2 aliphatic rings. The van der Waals surface area contributed by atoms with Crippen LogP contribution in [0.3, 0.4) is 0 Å². The minimum absolute atomic E-state index is 0.122. The van der Waals surface area contributed by atoms with Crippen molar-refractivity contribution in [3.8, 4) is 17.0 Å². The van der Waals surface area contributed by atoms with E-state index in [-0.39, 0.29) is 11.7 Å². The average Bonchev–Trinajstić information content (AvgIpc) is 2.95. The van der Waals surface area contributed by atoms with Gasteiger partial charge in [-0.25, -0.2) is 4.98 Å². The average molecular weight is 593 g/mol. The molecule has 13 heteroatoms. The van der Waals surface area contributed by atoms with Gasteiger partial charge in [-0.15, -0.1) is 0 Å². The Balaban J connectivity index is 1.41. The Morgan fingerprint density at radius 1 is 1.10 bits per heavy atom. The number of benzene rings is 1. The van der Waals surface area contributed by atoms with E-state index in [1.54, 1.807) is 12.3 Å². The third-order valence-corrected chi connectivity index (χ3v) is 8.88. The number of rotatable bonds is 6. The third kappa shape index (κ3) is 7.10. The Labute approximate surface area is 237 Å². The van der Waals surface area contributed by atoms with Crippen LogP contribution in [0.5, 0.6) is 5.88 Å². The van der Waals surface area contributed by atoms with E-state index in [9.17, 15) is 27.1 Å². The van der Waals surface area contributed by atoms with Gasteiger partial charge in [0.15, 0.2) is 0 Å². The summed E-state index contributed by atoms with van der Waals surface area (Å²) in [6.45, 7) is 4.18. The molecule has 0 saturated carbocycles. The number of ether oxygens (including phenoxy) is 2. The van der Waals surface area contributed by atoms with Crippen LogP contribution in [-0.4, -0.2) is 68.9 Å². The van der Waals surface area contributed by atoms with Gasteiger partial charge in [0.25, 0.3) is 5.91 Å². The summed E-state index contributed by atoms with van der Waals surface area (Å²) in [5.74, 6) is 0.352. The Bertz CT molecular complexity index is 1410. The van der Waals surface area contributed by atoms with E-state index in [1.807, 2.05) is 13.0 Å². The zero-order chi connectivity index (χ0) is 29.2. The smallest absolute Gasteiger partial charge is 0.416 e. The number of amides is 1. The summed E-state index contributed by atoms with van der Waals surface area (Å²) in [5.41, 5.74) is 2.14. The summed E-state index contributed by atoms with van der Waals surface area (Å²) >= 11 is 0. The highest BCUT2D eigenvalue weighted by Gasteiger charge is 2.31. The lowest BCUT2D eigenvalue weighted by atomic mass is 10.0. The Hall–Kier alpha value is -3.39. The van der Waals surface area contributed by atoms with Crippen molar-refractivity contribution in [3.05, 3.63) is 65.6 Å². The molecule has 41 heavy (non-hydrogen) atoms. The lowest BCUT2D eigenvalue weighted by Crippen LogP contribution is -2.37. The van der Waals surface area contributed by atoms with Gasteiger partial charge in [0.1, 0.15) is 11.8 Å². The maximum atomic E-state index is 13.1. The van der Waals surface area contributed by atoms with Gasteiger partial charge in [-0.05, 0) is 37.3 Å². The van der Waals surface area contributed by atoms with Gasteiger partial charge in [-0.1, -0.05) is 6.07 Å². The van der Waals surface area contributed by atoms with E-state index in [0.29, 0.717) is 73.5 Å². The second kappa shape index (κ2) is 11.8. The molecule has 2 aliphatic heterocycles. The summed E-state index contributed by atoms with van der Waals surface area (Å²) in [4.78, 5) is 23.9. The fraction of sp³-hybridized carbons (Fsp3) is 0.393. The van der Waals surface area contributed by atoms with Crippen molar-refractivity contribution in [1.29, 1.82) is 0 Å². The molecule has 1 aromatic carbocycles. The summed E-state index contributed by atoms with van der Waals surface area (Å²) < 4.78 is 71.0. The molecule has 0 atom stereocenters. The molecule has 4 heterocycles. The van der Waals surface area contributed by atoms with E-state index in [0.717, 1.165) is 23.4 Å². The first-order valence-electron chi connectivity index (χ1n) is 13.2. The number of nitrogens with one attached hydrogen (secondary N) is 1. The lowest BCUT2D eigenvalue weighted by molar-refractivity contribution is -0.137. The van der Waals surface area contributed by atoms with Gasteiger partial charge < -0.3 is 19.7 Å². The number of aryl methyl sites for hydroxylation is 1. The van der Waals surface area contributed by atoms with E-state index >= 15 is 0 Å². The van der Waals surface area contributed by atoms with Crippen molar-refractivity contribution in [1.82, 2.24) is 9.97 Å². The van der Waals surface area contributed by atoms with Gasteiger partial charge in [0.2, 0.25) is 5.88 Å². The monoisotopic (exact) mass is 592 g/mol. The number of halogens is 3. The first-order valence-corrected chi connectivity index (χ1v) is 15.1. The van der Waals surface area contributed by atoms with Crippen LogP contribution in [0.15, 0.2) is 48.8 Å². The zero-order valence-corrected chi connectivity index (χ0v) is 23.2. The molecule has 0 radical (unpaired) electrons. The van der Waals surface area contributed by atoms with Crippen LogP contribution in [0.4, 0.5) is 24.5 Å². The predicted molar refractivity (Wildman–Crippen MR) is 151 cm³/mol.